The number of nitrogens with one attached hydrogen (secondary N) is 1. The molecule has 98 valence electrons. The van der Waals surface area contributed by atoms with Crippen LogP contribution in [0.2, 0.25) is 5.02 Å². The van der Waals surface area contributed by atoms with Gasteiger partial charge < -0.3 is 9.73 Å². The third-order valence-electron chi connectivity index (χ3n) is 2.90. The minimum atomic E-state index is 0.579. The number of nitrogens with zero attached hydrogens (tertiary/aromatic N) is 3. The van der Waals surface area contributed by atoms with Crippen molar-refractivity contribution in [2.75, 3.05) is 0 Å². The number of hydrogen-bond acceptors (Lipinski definition) is 4. The van der Waals surface area contributed by atoms with Gasteiger partial charge in [0, 0.05) is 13.6 Å². The fourth-order valence-electron chi connectivity index (χ4n) is 1.77. The molecule has 0 aliphatic rings. The molecular formula is C12H17ClN4O. The highest BCUT2D eigenvalue weighted by molar-refractivity contribution is 6.31. The number of hydrogen-bond donors (Lipinski definition) is 1. The molecule has 0 aliphatic carbocycles. The molecule has 2 heterocycles. The van der Waals surface area contributed by atoms with Crippen molar-refractivity contribution in [3.63, 3.8) is 0 Å². The second-order valence-corrected chi connectivity index (χ2v) is 4.70. The smallest absolute Gasteiger partial charge is 0.208 e. The molecular weight excluding hydrogens is 252 g/mol. The van der Waals surface area contributed by atoms with Crippen LogP contribution >= 0.6 is 11.6 Å². The minimum Gasteiger partial charge on any atom is -0.444 e. The van der Waals surface area contributed by atoms with Gasteiger partial charge in [-0.2, -0.15) is 5.10 Å². The van der Waals surface area contributed by atoms with Crippen molar-refractivity contribution in [3.05, 3.63) is 33.8 Å². The van der Waals surface area contributed by atoms with Crippen molar-refractivity contribution in [1.82, 2.24) is 20.1 Å². The predicted molar refractivity (Wildman–Crippen MR) is 69.5 cm³/mol. The summed E-state index contributed by atoms with van der Waals surface area (Å²) in [7, 11) is 1.88. The van der Waals surface area contributed by atoms with Crippen LogP contribution in [0.4, 0.5) is 0 Å². The van der Waals surface area contributed by atoms with Crippen molar-refractivity contribution in [1.29, 1.82) is 0 Å². The predicted octanol–water partition coefficient (Wildman–Crippen LogP) is 2.28. The summed E-state index contributed by atoms with van der Waals surface area (Å²) in [5.74, 6) is 1.56. The SMILES string of the molecule is Cc1nc(CNCc2c(Cl)c(C)nn2C)oc1C. The molecule has 0 radical (unpaired) electrons. The van der Waals surface area contributed by atoms with Crippen LogP contribution < -0.4 is 5.32 Å². The fraction of sp³-hybridized carbons (Fsp3) is 0.500. The Morgan fingerprint density at radius 3 is 2.44 bits per heavy atom. The van der Waals surface area contributed by atoms with Gasteiger partial charge >= 0.3 is 0 Å². The topological polar surface area (TPSA) is 55.9 Å². The average molecular weight is 269 g/mol. The Labute approximate surface area is 111 Å². The number of oxazole rings is 1. The quantitative estimate of drug-likeness (QED) is 0.924. The Morgan fingerprint density at radius 2 is 1.94 bits per heavy atom. The van der Waals surface area contributed by atoms with Crippen molar-refractivity contribution < 1.29 is 4.42 Å². The molecule has 0 fully saturated rings. The van der Waals surface area contributed by atoms with Gasteiger partial charge in [-0.3, -0.25) is 4.68 Å². The average Bonchev–Trinajstić information content (AvgIpc) is 2.73. The van der Waals surface area contributed by atoms with Gasteiger partial charge in [-0.1, -0.05) is 11.6 Å². The maximum atomic E-state index is 6.16. The van der Waals surface area contributed by atoms with Crippen LogP contribution in [0.3, 0.4) is 0 Å². The maximum Gasteiger partial charge on any atom is 0.208 e. The van der Waals surface area contributed by atoms with Crippen LogP contribution in [0.15, 0.2) is 4.42 Å². The van der Waals surface area contributed by atoms with E-state index in [0.717, 1.165) is 22.8 Å². The number of aromatic nitrogens is 3. The van der Waals surface area contributed by atoms with Gasteiger partial charge in [0.15, 0.2) is 0 Å². The largest absolute Gasteiger partial charge is 0.444 e. The first kappa shape index (κ1) is 13.1. The number of halogens is 1. The summed E-state index contributed by atoms with van der Waals surface area (Å²) in [6.07, 6.45) is 0. The highest BCUT2D eigenvalue weighted by Gasteiger charge is 2.11. The van der Waals surface area contributed by atoms with E-state index < -0.39 is 0 Å². The lowest BCUT2D eigenvalue weighted by atomic mass is 10.3. The highest BCUT2D eigenvalue weighted by Crippen LogP contribution is 2.19. The molecule has 0 saturated carbocycles. The highest BCUT2D eigenvalue weighted by atomic mass is 35.5. The van der Waals surface area contributed by atoms with Gasteiger partial charge in [0.2, 0.25) is 5.89 Å². The van der Waals surface area contributed by atoms with Crippen molar-refractivity contribution >= 4 is 11.6 Å². The zero-order chi connectivity index (χ0) is 13.3. The van der Waals surface area contributed by atoms with E-state index in [-0.39, 0.29) is 0 Å². The van der Waals surface area contributed by atoms with E-state index >= 15 is 0 Å². The Morgan fingerprint density at radius 1 is 1.22 bits per heavy atom. The maximum absolute atomic E-state index is 6.16. The molecule has 2 rings (SSSR count). The van der Waals surface area contributed by atoms with E-state index in [1.807, 2.05) is 27.8 Å². The second kappa shape index (κ2) is 5.12. The van der Waals surface area contributed by atoms with Gasteiger partial charge in [0.05, 0.1) is 28.6 Å². The lowest BCUT2D eigenvalue weighted by Gasteiger charge is -2.03. The summed E-state index contributed by atoms with van der Waals surface area (Å²) in [4.78, 5) is 4.31. The third kappa shape index (κ3) is 2.57. The van der Waals surface area contributed by atoms with E-state index in [9.17, 15) is 0 Å². The first-order chi connectivity index (χ1) is 8.49. The lowest BCUT2D eigenvalue weighted by molar-refractivity contribution is 0.446. The van der Waals surface area contributed by atoms with Crippen molar-refractivity contribution in [2.45, 2.75) is 33.9 Å². The monoisotopic (exact) mass is 268 g/mol. The minimum absolute atomic E-state index is 0.579. The Kier molecular flexibility index (Phi) is 3.73. The molecule has 0 unspecified atom stereocenters. The van der Waals surface area contributed by atoms with Crippen LogP contribution in [0.25, 0.3) is 0 Å². The summed E-state index contributed by atoms with van der Waals surface area (Å²) in [6.45, 7) is 6.95. The fourth-order valence-corrected chi connectivity index (χ4v) is 2.00. The van der Waals surface area contributed by atoms with Crippen LogP contribution in [0.5, 0.6) is 0 Å². The third-order valence-corrected chi connectivity index (χ3v) is 3.39. The molecule has 1 N–H and O–H groups in total. The van der Waals surface area contributed by atoms with Gasteiger partial charge in [0.25, 0.3) is 0 Å². The van der Waals surface area contributed by atoms with Gasteiger partial charge in [-0.15, -0.1) is 0 Å². The van der Waals surface area contributed by atoms with Gasteiger partial charge in [0.1, 0.15) is 5.76 Å². The van der Waals surface area contributed by atoms with E-state index in [1.165, 1.54) is 0 Å². The zero-order valence-electron chi connectivity index (χ0n) is 11.0. The summed E-state index contributed by atoms with van der Waals surface area (Å²) in [6, 6.07) is 0. The Bertz CT molecular complexity index is 539. The summed E-state index contributed by atoms with van der Waals surface area (Å²) in [5, 5.41) is 8.22. The molecule has 0 aliphatic heterocycles. The first-order valence-corrected chi connectivity index (χ1v) is 6.18. The van der Waals surface area contributed by atoms with Gasteiger partial charge in [-0.05, 0) is 20.8 Å². The van der Waals surface area contributed by atoms with E-state index in [4.69, 9.17) is 16.0 Å². The molecule has 2 aromatic heterocycles. The lowest BCUT2D eigenvalue weighted by Crippen LogP contribution is -2.15. The molecule has 0 spiro atoms. The molecule has 2 aromatic rings. The summed E-state index contributed by atoms with van der Waals surface area (Å²) >= 11 is 6.16. The van der Waals surface area contributed by atoms with Crippen LogP contribution in [0.1, 0.15) is 28.7 Å². The molecule has 0 saturated heterocycles. The second-order valence-electron chi connectivity index (χ2n) is 4.32. The summed E-state index contributed by atoms with van der Waals surface area (Å²) in [5.41, 5.74) is 2.74. The number of aryl methyl sites for hydroxylation is 4. The van der Waals surface area contributed by atoms with Crippen LogP contribution in [-0.4, -0.2) is 14.8 Å². The summed E-state index contributed by atoms with van der Waals surface area (Å²) < 4.78 is 7.28. The first-order valence-electron chi connectivity index (χ1n) is 5.80. The zero-order valence-corrected chi connectivity index (χ0v) is 11.8. The molecule has 0 atom stereocenters. The van der Waals surface area contributed by atoms with Crippen molar-refractivity contribution in [2.24, 2.45) is 7.05 Å². The molecule has 18 heavy (non-hydrogen) atoms. The Balaban J connectivity index is 1.96. The van der Waals surface area contributed by atoms with Gasteiger partial charge in [-0.25, -0.2) is 4.98 Å². The standard InChI is InChI=1S/C12H17ClN4O/c1-7-9(3)18-11(15-7)6-14-5-10-12(13)8(2)16-17(10)4/h14H,5-6H2,1-4H3. The van der Waals surface area contributed by atoms with Crippen LogP contribution in [-0.2, 0) is 20.1 Å². The van der Waals surface area contributed by atoms with Crippen LogP contribution in [0, 0.1) is 20.8 Å². The normalized spacial score (nSPS) is 11.2. The van der Waals surface area contributed by atoms with Crippen molar-refractivity contribution in [3.8, 4) is 0 Å². The number of rotatable bonds is 4. The Hall–Kier alpha value is -1.33. The molecule has 0 amide bonds. The molecule has 0 bridgehead atoms. The molecule has 0 aromatic carbocycles. The van der Waals surface area contributed by atoms with E-state index in [2.05, 4.69) is 15.4 Å². The van der Waals surface area contributed by atoms with E-state index in [0.29, 0.717) is 24.0 Å². The van der Waals surface area contributed by atoms with E-state index in [1.54, 1.807) is 4.68 Å². The molecule has 5 nitrogen and oxygen atoms in total. The molecule has 6 heteroatoms.